The summed E-state index contributed by atoms with van der Waals surface area (Å²) in [7, 11) is 0. The number of amides is 1. The van der Waals surface area contributed by atoms with Crippen LogP contribution in [-0.4, -0.2) is 5.91 Å². The van der Waals surface area contributed by atoms with Crippen molar-refractivity contribution in [3.05, 3.63) is 34.9 Å². The lowest BCUT2D eigenvalue weighted by Crippen LogP contribution is -2.18. The third-order valence-electron chi connectivity index (χ3n) is 1.72. The van der Waals surface area contributed by atoms with E-state index in [2.05, 4.69) is 0 Å². The molecule has 78 valence electrons. The number of nitrogens with zero attached hydrogens (tertiary/aromatic N) is 1. The monoisotopic (exact) mass is 214 g/mol. The number of primary amides is 1. The van der Waals surface area contributed by atoms with E-state index < -0.39 is 23.2 Å². The molecule has 0 aliphatic carbocycles. The van der Waals surface area contributed by atoms with E-state index in [0.29, 0.717) is 6.07 Å². The summed E-state index contributed by atoms with van der Waals surface area (Å²) in [5.74, 6) is -1.17. The van der Waals surface area contributed by atoms with Gasteiger partial charge >= 0.3 is 6.18 Å². The molecule has 0 fully saturated rings. The Morgan fingerprint density at radius 3 is 2.40 bits per heavy atom. The maximum absolute atomic E-state index is 12.4. The van der Waals surface area contributed by atoms with Gasteiger partial charge in [0.05, 0.1) is 22.8 Å². The van der Waals surface area contributed by atoms with Crippen LogP contribution in [0.4, 0.5) is 13.2 Å². The molecule has 0 radical (unpaired) electrons. The minimum atomic E-state index is -4.70. The maximum atomic E-state index is 12.4. The van der Waals surface area contributed by atoms with E-state index in [-0.39, 0.29) is 5.56 Å². The van der Waals surface area contributed by atoms with Crippen molar-refractivity contribution in [3.8, 4) is 6.07 Å². The first-order chi connectivity index (χ1) is 6.86. The number of nitrogens with two attached hydrogens (primary N) is 1. The Labute approximate surface area is 82.9 Å². The molecule has 1 aromatic rings. The van der Waals surface area contributed by atoms with Crippen LogP contribution in [0.5, 0.6) is 0 Å². The molecule has 0 aromatic heterocycles. The van der Waals surface area contributed by atoms with Crippen LogP contribution in [0.15, 0.2) is 18.2 Å². The third kappa shape index (κ3) is 2.26. The zero-order valence-corrected chi connectivity index (χ0v) is 7.30. The number of halogens is 3. The summed E-state index contributed by atoms with van der Waals surface area (Å²) in [6, 6.07) is 4.15. The van der Waals surface area contributed by atoms with E-state index in [4.69, 9.17) is 11.0 Å². The van der Waals surface area contributed by atoms with Gasteiger partial charge in [-0.05, 0) is 18.2 Å². The number of alkyl halides is 3. The molecule has 0 bridgehead atoms. The molecular weight excluding hydrogens is 209 g/mol. The number of hydrogen-bond donors (Lipinski definition) is 1. The molecule has 0 heterocycles. The van der Waals surface area contributed by atoms with E-state index in [9.17, 15) is 18.0 Å². The molecule has 0 aliphatic heterocycles. The quantitative estimate of drug-likeness (QED) is 0.772. The van der Waals surface area contributed by atoms with Crippen LogP contribution >= 0.6 is 0 Å². The average Bonchev–Trinajstić information content (AvgIpc) is 2.15. The second-order valence-electron chi connectivity index (χ2n) is 2.73. The first-order valence-corrected chi connectivity index (χ1v) is 3.77. The Balaban J connectivity index is 3.44. The second-order valence-corrected chi connectivity index (χ2v) is 2.73. The largest absolute Gasteiger partial charge is 0.417 e. The maximum Gasteiger partial charge on any atom is 0.417 e. The van der Waals surface area contributed by atoms with Gasteiger partial charge in [-0.15, -0.1) is 0 Å². The van der Waals surface area contributed by atoms with Crippen LogP contribution in [0.1, 0.15) is 21.5 Å². The van der Waals surface area contributed by atoms with Crippen molar-refractivity contribution in [3.63, 3.8) is 0 Å². The van der Waals surface area contributed by atoms with E-state index in [0.717, 1.165) is 12.1 Å². The lowest BCUT2D eigenvalue weighted by molar-refractivity contribution is -0.137. The Hall–Kier alpha value is -2.03. The second kappa shape index (κ2) is 3.61. The topological polar surface area (TPSA) is 66.9 Å². The van der Waals surface area contributed by atoms with Crippen LogP contribution in [0, 0.1) is 11.3 Å². The van der Waals surface area contributed by atoms with Gasteiger partial charge in [0.15, 0.2) is 0 Å². The van der Waals surface area contributed by atoms with Crippen LogP contribution in [-0.2, 0) is 6.18 Å². The van der Waals surface area contributed by atoms with Crippen molar-refractivity contribution >= 4 is 5.91 Å². The molecule has 1 rings (SSSR count). The Morgan fingerprint density at radius 1 is 1.40 bits per heavy atom. The summed E-state index contributed by atoms with van der Waals surface area (Å²) in [6.45, 7) is 0. The van der Waals surface area contributed by atoms with Gasteiger partial charge in [-0.1, -0.05) is 0 Å². The van der Waals surface area contributed by atoms with Crippen molar-refractivity contribution in [1.29, 1.82) is 5.26 Å². The molecule has 0 unspecified atom stereocenters. The predicted molar refractivity (Wildman–Crippen MR) is 44.7 cm³/mol. The van der Waals surface area contributed by atoms with Crippen LogP contribution in [0.2, 0.25) is 0 Å². The standard InChI is InChI=1S/C9H5F3N2O/c10-9(11,12)7-3-5(4-13)1-2-6(7)8(14)15/h1-3H,(H2,14,15). The highest BCUT2D eigenvalue weighted by Gasteiger charge is 2.34. The van der Waals surface area contributed by atoms with Crippen molar-refractivity contribution in [1.82, 2.24) is 0 Å². The third-order valence-corrected chi connectivity index (χ3v) is 1.72. The summed E-state index contributed by atoms with van der Waals surface area (Å²) < 4.78 is 37.2. The van der Waals surface area contributed by atoms with Gasteiger partial charge < -0.3 is 5.73 Å². The molecule has 0 aliphatic rings. The molecule has 0 saturated heterocycles. The molecule has 3 nitrogen and oxygen atoms in total. The molecule has 1 amide bonds. The van der Waals surface area contributed by atoms with Gasteiger partial charge in [-0.2, -0.15) is 18.4 Å². The molecule has 2 N–H and O–H groups in total. The molecule has 6 heteroatoms. The van der Waals surface area contributed by atoms with Crippen LogP contribution in [0.25, 0.3) is 0 Å². The van der Waals surface area contributed by atoms with Crippen molar-refractivity contribution in [2.45, 2.75) is 6.18 Å². The molecule has 1 aromatic carbocycles. The number of hydrogen-bond acceptors (Lipinski definition) is 2. The number of nitriles is 1. The van der Waals surface area contributed by atoms with Gasteiger partial charge in [0.25, 0.3) is 0 Å². The molecule has 0 saturated carbocycles. The zero-order valence-electron chi connectivity index (χ0n) is 7.30. The fourth-order valence-electron chi connectivity index (χ4n) is 1.06. The van der Waals surface area contributed by atoms with Crippen molar-refractivity contribution in [2.24, 2.45) is 5.73 Å². The fourth-order valence-corrected chi connectivity index (χ4v) is 1.06. The lowest BCUT2D eigenvalue weighted by atomic mass is 10.0. The van der Waals surface area contributed by atoms with Crippen LogP contribution < -0.4 is 5.73 Å². The van der Waals surface area contributed by atoms with E-state index >= 15 is 0 Å². The van der Waals surface area contributed by atoms with Gasteiger partial charge in [0.2, 0.25) is 5.91 Å². The number of rotatable bonds is 1. The number of carbonyl (C=O) groups excluding carboxylic acids is 1. The number of carbonyl (C=O) groups is 1. The van der Waals surface area contributed by atoms with Crippen molar-refractivity contribution < 1.29 is 18.0 Å². The molecular formula is C9H5F3N2O. The first kappa shape index (κ1) is 11.0. The smallest absolute Gasteiger partial charge is 0.366 e. The highest BCUT2D eigenvalue weighted by atomic mass is 19.4. The molecule has 0 atom stereocenters. The minimum absolute atomic E-state index is 0.174. The first-order valence-electron chi connectivity index (χ1n) is 3.77. The number of benzene rings is 1. The highest BCUT2D eigenvalue weighted by Crippen LogP contribution is 2.32. The normalized spacial score (nSPS) is 10.8. The van der Waals surface area contributed by atoms with Gasteiger partial charge in [0, 0.05) is 0 Å². The summed E-state index contributed by atoms with van der Waals surface area (Å²) in [4.78, 5) is 10.7. The SMILES string of the molecule is N#Cc1ccc(C(N)=O)c(C(F)(F)F)c1. The Bertz CT molecular complexity index is 446. The van der Waals surface area contributed by atoms with Gasteiger partial charge in [0.1, 0.15) is 0 Å². The van der Waals surface area contributed by atoms with Gasteiger partial charge in [-0.3, -0.25) is 4.79 Å². The summed E-state index contributed by atoms with van der Waals surface area (Å²) in [6.07, 6.45) is -4.70. The summed E-state index contributed by atoms with van der Waals surface area (Å²) >= 11 is 0. The fraction of sp³-hybridized carbons (Fsp3) is 0.111. The zero-order chi connectivity index (χ0) is 11.6. The predicted octanol–water partition coefficient (Wildman–Crippen LogP) is 1.68. The summed E-state index contributed by atoms with van der Waals surface area (Å²) in [5.41, 5.74) is 2.78. The van der Waals surface area contributed by atoms with E-state index in [1.54, 1.807) is 6.07 Å². The lowest BCUT2D eigenvalue weighted by Gasteiger charge is -2.10. The minimum Gasteiger partial charge on any atom is -0.366 e. The Morgan fingerprint density at radius 2 is 2.00 bits per heavy atom. The molecule has 15 heavy (non-hydrogen) atoms. The highest BCUT2D eigenvalue weighted by molar-refractivity contribution is 5.94. The van der Waals surface area contributed by atoms with Gasteiger partial charge in [-0.25, -0.2) is 0 Å². The Kier molecular flexibility index (Phi) is 2.66. The van der Waals surface area contributed by atoms with E-state index in [1.807, 2.05) is 0 Å². The molecule has 0 spiro atoms. The van der Waals surface area contributed by atoms with Crippen LogP contribution in [0.3, 0.4) is 0 Å². The van der Waals surface area contributed by atoms with E-state index in [1.165, 1.54) is 0 Å². The summed E-state index contributed by atoms with van der Waals surface area (Å²) in [5, 5.41) is 8.42. The average molecular weight is 214 g/mol. The van der Waals surface area contributed by atoms with Crippen molar-refractivity contribution in [2.75, 3.05) is 0 Å².